The van der Waals surface area contributed by atoms with Crippen LogP contribution in [0.2, 0.25) is 0 Å². The van der Waals surface area contributed by atoms with Gasteiger partial charge in [-0.05, 0) is 26.0 Å². The number of benzene rings is 1. The highest BCUT2D eigenvalue weighted by molar-refractivity contribution is 7.99. The van der Waals surface area contributed by atoms with E-state index in [1.54, 1.807) is 0 Å². The van der Waals surface area contributed by atoms with Crippen molar-refractivity contribution in [3.63, 3.8) is 0 Å². The van der Waals surface area contributed by atoms with Crippen molar-refractivity contribution in [3.8, 4) is 11.8 Å². The predicted octanol–water partition coefficient (Wildman–Crippen LogP) is 2.80. The smallest absolute Gasteiger partial charge is 0.192 e. The van der Waals surface area contributed by atoms with Crippen LogP contribution in [-0.4, -0.2) is 20.5 Å². The molecule has 0 spiro atoms. The number of ether oxygens (including phenoxy) is 1. The molecule has 2 rings (SSSR count). The van der Waals surface area contributed by atoms with Crippen LogP contribution in [0.15, 0.2) is 29.4 Å². The zero-order chi connectivity index (χ0) is 14.4. The van der Waals surface area contributed by atoms with Crippen molar-refractivity contribution in [2.24, 2.45) is 0 Å². The van der Waals surface area contributed by atoms with Crippen molar-refractivity contribution < 1.29 is 4.74 Å². The topological polar surface area (TPSA) is 63.7 Å². The molecule has 5 nitrogen and oxygen atoms in total. The van der Waals surface area contributed by atoms with E-state index in [2.05, 4.69) is 16.3 Å². The highest BCUT2D eigenvalue weighted by Gasteiger charge is 2.11. The fourth-order valence-corrected chi connectivity index (χ4v) is 2.41. The minimum absolute atomic E-state index is 0.372. The minimum Gasteiger partial charge on any atom is -0.486 e. The quantitative estimate of drug-likeness (QED) is 0.765. The molecule has 0 amide bonds. The van der Waals surface area contributed by atoms with Crippen molar-refractivity contribution in [1.29, 1.82) is 5.26 Å². The Balaban J connectivity index is 2.04. The Labute approximate surface area is 122 Å². The highest BCUT2D eigenvalue weighted by Crippen LogP contribution is 2.18. The third-order valence-corrected chi connectivity index (χ3v) is 3.60. The SMILES string of the molecule is CCn1c(COc2ccc(C)cc2)nnc1SCC#N. The number of hydrogen-bond acceptors (Lipinski definition) is 5. The predicted molar refractivity (Wildman–Crippen MR) is 77.5 cm³/mol. The second-order valence-corrected chi connectivity index (χ2v) is 5.13. The first-order chi connectivity index (χ1) is 9.74. The summed E-state index contributed by atoms with van der Waals surface area (Å²) in [6.07, 6.45) is 0. The summed E-state index contributed by atoms with van der Waals surface area (Å²) < 4.78 is 7.68. The molecule has 0 bridgehead atoms. The van der Waals surface area contributed by atoms with E-state index in [0.29, 0.717) is 12.4 Å². The summed E-state index contributed by atoms with van der Waals surface area (Å²) in [5, 5.41) is 17.6. The molecule has 20 heavy (non-hydrogen) atoms. The summed E-state index contributed by atoms with van der Waals surface area (Å²) in [6, 6.07) is 9.98. The Morgan fingerprint density at radius 3 is 2.70 bits per heavy atom. The number of aromatic nitrogens is 3. The molecule has 0 radical (unpaired) electrons. The van der Waals surface area contributed by atoms with Gasteiger partial charge in [0.15, 0.2) is 11.0 Å². The van der Waals surface area contributed by atoms with Crippen LogP contribution in [0.4, 0.5) is 0 Å². The molecule has 0 aliphatic heterocycles. The Morgan fingerprint density at radius 1 is 1.30 bits per heavy atom. The van der Waals surface area contributed by atoms with Gasteiger partial charge >= 0.3 is 0 Å². The number of aryl methyl sites for hydroxylation is 1. The van der Waals surface area contributed by atoms with Crippen molar-refractivity contribution in [3.05, 3.63) is 35.7 Å². The van der Waals surface area contributed by atoms with E-state index in [4.69, 9.17) is 10.00 Å². The number of hydrogen-bond donors (Lipinski definition) is 0. The molecule has 1 aromatic carbocycles. The van der Waals surface area contributed by atoms with Crippen LogP contribution in [0.5, 0.6) is 5.75 Å². The Kier molecular flexibility index (Phi) is 5.02. The van der Waals surface area contributed by atoms with E-state index in [1.165, 1.54) is 17.3 Å². The van der Waals surface area contributed by atoms with Gasteiger partial charge in [-0.25, -0.2) is 0 Å². The van der Waals surface area contributed by atoms with E-state index in [-0.39, 0.29) is 0 Å². The summed E-state index contributed by atoms with van der Waals surface area (Å²) in [7, 11) is 0. The number of nitrogens with zero attached hydrogens (tertiary/aromatic N) is 4. The molecule has 0 aliphatic carbocycles. The van der Waals surface area contributed by atoms with Gasteiger partial charge in [0.2, 0.25) is 0 Å². The third-order valence-electron chi connectivity index (χ3n) is 2.76. The molecular weight excluding hydrogens is 272 g/mol. The maximum Gasteiger partial charge on any atom is 0.192 e. The molecule has 0 saturated heterocycles. The van der Waals surface area contributed by atoms with E-state index in [9.17, 15) is 0 Å². The molecular formula is C14H16N4OS. The van der Waals surface area contributed by atoms with Crippen LogP contribution in [0, 0.1) is 18.3 Å². The summed E-state index contributed by atoms with van der Waals surface area (Å²) in [4.78, 5) is 0. The van der Waals surface area contributed by atoms with Gasteiger partial charge in [0.1, 0.15) is 12.4 Å². The summed E-state index contributed by atoms with van der Waals surface area (Å²) >= 11 is 1.39. The Morgan fingerprint density at radius 2 is 2.05 bits per heavy atom. The Hall–Kier alpha value is -2.00. The third kappa shape index (κ3) is 3.52. The lowest BCUT2D eigenvalue weighted by Crippen LogP contribution is -2.07. The molecule has 6 heteroatoms. The normalized spacial score (nSPS) is 10.2. The van der Waals surface area contributed by atoms with Crippen LogP contribution in [0.3, 0.4) is 0 Å². The van der Waals surface area contributed by atoms with Gasteiger partial charge in [-0.3, -0.25) is 0 Å². The zero-order valence-corrected chi connectivity index (χ0v) is 12.4. The lowest BCUT2D eigenvalue weighted by atomic mass is 10.2. The highest BCUT2D eigenvalue weighted by atomic mass is 32.2. The molecule has 0 aliphatic rings. The largest absolute Gasteiger partial charge is 0.486 e. The molecule has 0 N–H and O–H groups in total. The number of rotatable bonds is 6. The minimum atomic E-state index is 0.372. The van der Waals surface area contributed by atoms with Gasteiger partial charge in [0, 0.05) is 6.54 Å². The van der Waals surface area contributed by atoms with Crippen LogP contribution < -0.4 is 4.74 Å². The number of thioether (sulfide) groups is 1. The Bertz CT molecular complexity index is 601. The average Bonchev–Trinajstić information content (AvgIpc) is 2.86. The first kappa shape index (κ1) is 14.4. The molecule has 104 valence electrons. The number of nitriles is 1. The van der Waals surface area contributed by atoms with Gasteiger partial charge in [-0.15, -0.1) is 10.2 Å². The van der Waals surface area contributed by atoms with Crippen LogP contribution >= 0.6 is 11.8 Å². The standard InChI is InChI=1S/C14H16N4OS/c1-3-18-13(16-17-14(18)20-9-8-15)10-19-12-6-4-11(2)5-7-12/h4-7H,3,9-10H2,1-2H3. The van der Waals surface area contributed by atoms with E-state index in [0.717, 1.165) is 23.3 Å². The van der Waals surface area contributed by atoms with Crippen LogP contribution in [0.1, 0.15) is 18.3 Å². The summed E-state index contributed by atoms with van der Waals surface area (Å²) in [6.45, 7) is 5.19. The first-order valence-electron chi connectivity index (χ1n) is 6.36. The second kappa shape index (κ2) is 6.96. The second-order valence-electron chi connectivity index (χ2n) is 4.19. The fourth-order valence-electron chi connectivity index (χ4n) is 1.73. The summed E-state index contributed by atoms with van der Waals surface area (Å²) in [5.74, 6) is 1.96. The molecule has 0 saturated carbocycles. The maximum absolute atomic E-state index is 8.62. The molecule has 2 aromatic rings. The van der Waals surface area contributed by atoms with Gasteiger partial charge in [-0.2, -0.15) is 5.26 Å². The zero-order valence-electron chi connectivity index (χ0n) is 11.5. The summed E-state index contributed by atoms with van der Waals surface area (Å²) in [5.41, 5.74) is 1.20. The van der Waals surface area contributed by atoms with Crippen molar-refractivity contribution in [1.82, 2.24) is 14.8 Å². The van der Waals surface area contributed by atoms with E-state index >= 15 is 0 Å². The molecule has 0 atom stereocenters. The molecule has 0 fully saturated rings. The fraction of sp³-hybridized carbons (Fsp3) is 0.357. The van der Waals surface area contributed by atoms with E-state index < -0.39 is 0 Å². The van der Waals surface area contributed by atoms with Gasteiger partial charge in [0.05, 0.1) is 11.8 Å². The van der Waals surface area contributed by atoms with Crippen molar-refractivity contribution in [2.75, 3.05) is 5.75 Å². The lowest BCUT2D eigenvalue weighted by Gasteiger charge is -2.08. The lowest BCUT2D eigenvalue weighted by molar-refractivity contribution is 0.288. The maximum atomic E-state index is 8.62. The van der Waals surface area contributed by atoms with Gasteiger partial charge < -0.3 is 9.30 Å². The average molecular weight is 288 g/mol. The van der Waals surface area contributed by atoms with Crippen LogP contribution in [-0.2, 0) is 13.2 Å². The first-order valence-corrected chi connectivity index (χ1v) is 7.34. The van der Waals surface area contributed by atoms with E-state index in [1.807, 2.05) is 42.7 Å². The van der Waals surface area contributed by atoms with Gasteiger partial charge in [-0.1, -0.05) is 29.5 Å². The molecule has 0 unspecified atom stereocenters. The molecule has 1 aromatic heterocycles. The van der Waals surface area contributed by atoms with Crippen LogP contribution in [0.25, 0.3) is 0 Å². The van der Waals surface area contributed by atoms with Crippen molar-refractivity contribution >= 4 is 11.8 Å². The van der Waals surface area contributed by atoms with Crippen molar-refractivity contribution in [2.45, 2.75) is 32.2 Å². The molecule has 1 heterocycles. The van der Waals surface area contributed by atoms with Gasteiger partial charge in [0.25, 0.3) is 0 Å². The monoisotopic (exact) mass is 288 g/mol.